The zero-order valence-electron chi connectivity index (χ0n) is 26.1. The Kier molecular flexibility index (Phi) is 7.62. The number of aromatic hydroxyl groups is 1. The van der Waals surface area contributed by atoms with Gasteiger partial charge in [-0.25, -0.2) is 0 Å². The largest absolute Gasteiger partial charge is 0.507 e. The van der Waals surface area contributed by atoms with E-state index in [1.807, 2.05) is 13.8 Å². The molecular formula is C34H40F3NO7. The highest BCUT2D eigenvalue weighted by atomic mass is 19.4. The van der Waals surface area contributed by atoms with Crippen LogP contribution in [0.5, 0.6) is 5.75 Å². The number of nitrogens with two attached hydrogens (primary N) is 1. The summed E-state index contributed by atoms with van der Waals surface area (Å²) < 4.78 is 39.7. The molecule has 0 saturated heterocycles. The summed E-state index contributed by atoms with van der Waals surface area (Å²) in [6.45, 7) is 10.7. The maximum Gasteiger partial charge on any atom is 0.416 e. The molecule has 0 aromatic heterocycles. The van der Waals surface area contributed by atoms with Crippen LogP contribution in [-0.4, -0.2) is 55.7 Å². The molecule has 5 rings (SSSR count). The van der Waals surface area contributed by atoms with Gasteiger partial charge in [0.1, 0.15) is 17.8 Å². The number of ketones is 2. The molecule has 8 atom stereocenters. The lowest BCUT2D eigenvalue weighted by atomic mass is 9.39. The molecule has 8 nitrogen and oxygen atoms in total. The van der Waals surface area contributed by atoms with Crippen molar-refractivity contribution < 1.29 is 48.0 Å². The number of halogens is 3. The molecule has 4 unspecified atom stereocenters. The minimum Gasteiger partial charge on any atom is -0.507 e. The van der Waals surface area contributed by atoms with Crippen molar-refractivity contribution >= 4 is 17.5 Å². The van der Waals surface area contributed by atoms with Gasteiger partial charge in [-0.05, 0) is 70.9 Å². The van der Waals surface area contributed by atoms with E-state index in [9.17, 15) is 48.0 Å². The molecule has 2 aromatic carbocycles. The fourth-order valence-corrected chi connectivity index (χ4v) is 9.20. The van der Waals surface area contributed by atoms with Crippen LogP contribution >= 0.6 is 0 Å². The molecule has 244 valence electrons. The normalized spacial score (nSPS) is 34.8. The molecule has 0 heterocycles. The first-order chi connectivity index (χ1) is 20.6. The number of hydrogen-bond donors (Lipinski definition) is 5. The molecule has 45 heavy (non-hydrogen) atoms. The predicted octanol–water partition coefficient (Wildman–Crippen LogP) is 4.38. The number of primary amides is 1. The third kappa shape index (κ3) is 4.48. The van der Waals surface area contributed by atoms with Crippen LogP contribution in [0.1, 0.15) is 80.9 Å². The number of rotatable bonds is 4. The van der Waals surface area contributed by atoms with E-state index in [4.69, 9.17) is 5.73 Å². The summed E-state index contributed by atoms with van der Waals surface area (Å²) >= 11 is 0. The van der Waals surface area contributed by atoms with Crippen molar-refractivity contribution in [3.63, 3.8) is 0 Å². The number of aliphatic hydroxyl groups excluding tert-OH is 2. The Balaban J connectivity index is 1.72. The number of carbonyl (C=O) groups is 3. The maximum absolute atomic E-state index is 14.5. The zero-order valence-corrected chi connectivity index (χ0v) is 26.1. The highest BCUT2D eigenvalue weighted by Crippen LogP contribution is 2.66. The summed E-state index contributed by atoms with van der Waals surface area (Å²) in [6.07, 6.45) is -7.95. The van der Waals surface area contributed by atoms with Gasteiger partial charge in [0.15, 0.2) is 17.2 Å². The first kappa shape index (κ1) is 33.1. The zero-order chi connectivity index (χ0) is 33.8. The van der Waals surface area contributed by atoms with Gasteiger partial charge in [-0.15, -0.1) is 0 Å². The number of Topliss-reactive ketones (excluding diaryl/α,β-unsaturated/α-hetero) is 2. The Morgan fingerprint density at radius 3 is 2.11 bits per heavy atom. The number of fused-ring (bicyclic) bond motifs is 3. The maximum atomic E-state index is 14.5. The smallest absolute Gasteiger partial charge is 0.416 e. The van der Waals surface area contributed by atoms with Crippen molar-refractivity contribution in [2.45, 2.75) is 84.3 Å². The lowest BCUT2D eigenvalue weighted by molar-refractivity contribution is -0.265. The third-order valence-corrected chi connectivity index (χ3v) is 11.0. The Morgan fingerprint density at radius 1 is 1.04 bits per heavy atom. The van der Waals surface area contributed by atoms with Gasteiger partial charge < -0.3 is 26.2 Å². The van der Waals surface area contributed by atoms with Gasteiger partial charge in [0.2, 0.25) is 5.91 Å². The van der Waals surface area contributed by atoms with Crippen LogP contribution in [0.4, 0.5) is 13.2 Å². The van der Waals surface area contributed by atoms with Gasteiger partial charge in [0.25, 0.3) is 0 Å². The fraction of sp³-hybridized carbons (Fsp3) is 0.559. The first-order valence-electron chi connectivity index (χ1n) is 15.2. The molecule has 3 aliphatic carbocycles. The van der Waals surface area contributed by atoms with E-state index in [0.29, 0.717) is 11.1 Å². The van der Waals surface area contributed by atoms with Crippen LogP contribution in [0.2, 0.25) is 0 Å². The number of aliphatic hydroxyl groups is 3. The number of hydrogen-bond acceptors (Lipinski definition) is 7. The van der Waals surface area contributed by atoms with Crippen molar-refractivity contribution in [1.29, 1.82) is 0 Å². The van der Waals surface area contributed by atoms with Gasteiger partial charge in [-0.1, -0.05) is 53.7 Å². The van der Waals surface area contributed by atoms with E-state index in [1.165, 1.54) is 12.1 Å². The van der Waals surface area contributed by atoms with Gasteiger partial charge >= 0.3 is 6.18 Å². The monoisotopic (exact) mass is 631 g/mol. The number of carbonyl (C=O) groups excluding carboxylic acids is 3. The molecule has 3 aliphatic rings. The SMILES string of the molecule is CC(C)c1cc(-c2ccc(C(F)(F)F)cc2)c(O)c2c1C[C@]1(C)C[C@]3(C)[C@@H](C(C)C)C(O)C(C(N)=O)C(=O)[C@]3(O)C(O)C1C2=O. The molecule has 6 N–H and O–H groups in total. The lowest BCUT2D eigenvalue weighted by Gasteiger charge is -2.66. The molecule has 2 saturated carbocycles. The highest BCUT2D eigenvalue weighted by Gasteiger charge is 2.76. The second-order valence-corrected chi connectivity index (χ2v) is 14.4. The predicted molar refractivity (Wildman–Crippen MR) is 158 cm³/mol. The van der Waals surface area contributed by atoms with Crippen LogP contribution in [0, 0.1) is 34.5 Å². The number of amides is 1. The summed E-state index contributed by atoms with van der Waals surface area (Å²) in [5, 5.41) is 47.1. The molecule has 0 spiro atoms. The van der Waals surface area contributed by atoms with Crippen molar-refractivity contribution in [2.24, 2.45) is 40.2 Å². The minimum atomic E-state index is -4.57. The van der Waals surface area contributed by atoms with E-state index in [2.05, 4.69) is 0 Å². The molecular weight excluding hydrogens is 591 g/mol. The van der Waals surface area contributed by atoms with Crippen molar-refractivity contribution in [1.82, 2.24) is 0 Å². The summed E-state index contributed by atoms with van der Waals surface area (Å²) in [6, 6.07) is 5.84. The fourth-order valence-electron chi connectivity index (χ4n) is 9.20. The van der Waals surface area contributed by atoms with Crippen LogP contribution in [0.25, 0.3) is 11.1 Å². The molecule has 0 radical (unpaired) electrons. The average molecular weight is 632 g/mol. The number of phenolic OH excluding ortho intramolecular Hbond substituents is 1. The summed E-state index contributed by atoms with van der Waals surface area (Å²) in [7, 11) is 0. The van der Waals surface area contributed by atoms with Crippen LogP contribution in [0.3, 0.4) is 0 Å². The van der Waals surface area contributed by atoms with Gasteiger partial charge in [-0.3, -0.25) is 14.4 Å². The lowest BCUT2D eigenvalue weighted by Crippen LogP contribution is -2.79. The van der Waals surface area contributed by atoms with Crippen molar-refractivity contribution in [3.05, 3.63) is 52.6 Å². The van der Waals surface area contributed by atoms with Gasteiger partial charge in [-0.2, -0.15) is 13.2 Å². The molecule has 11 heteroatoms. The van der Waals surface area contributed by atoms with Gasteiger partial charge in [0.05, 0.1) is 23.1 Å². The van der Waals surface area contributed by atoms with Crippen molar-refractivity contribution in [3.8, 4) is 16.9 Å². The minimum absolute atomic E-state index is 0.0134. The van der Waals surface area contributed by atoms with Gasteiger partial charge in [0, 0.05) is 11.0 Å². The average Bonchev–Trinajstić information content (AvgIpc) is 2.89. The number of benzene rings is 2. The van der Waals surface area contributed by atoms with Crippen molar-refractivity contribution in [2.75, 3.05) is 0 Å². The summed E-state index contributed by atoms with van der Waals surface area (Å²) in [4.78, 5) is 40.8. The highest BCUT2D eigenvalue weighted by molar-refractivity contribution is 6.10. The first-order valence-corrected chi connectivity index (χ1v) is 15.2. The Hall–Kier alpha value is -3.28. The standard InChI is InChI=1S/C34H40F3NO7/c1-14(2)18-11-19(16-7-9-17(10-8-16)34(35,36)37)25(39)21-20(18)12-31(5)13-32(6)23(15(3)4)27(41)22(30(38)44)28(42)33(32,45)29(43)24(31)26(21)40/h7-11,14-15,22-24,27,29,39,41,43,45H,12-13H2,1-6H3,(H2,38,44)/t22?,23-,24?,27?,29?,31+,32+,33-/m0/s1. The van der Waals surface area contributed by atoms with E-state index in [-0.39, 0.29) is 41.4 Å². The molecule has 1 amide bonds. The second kappa shape index (κ2) is 10.4. The van der Waals surface area contributed by atoms with Crippen LogP contribution < -0.4 is 5.73 Å². The van der Waals surface area contributed by atoms with Crippen LogP contribution in [-0.2, 0) is 22.2 Å². The summed E-state index contributed by atoms with van der Waals surface area (Å²) in [5.41, 5.74) is 0.897. The second-order valence-electron chi connectivity index (χ2n) is 14.4. The topological polar surface area (TPSA) is 158 Å². The van der Waals surface area contributed by atoms with E-state index in [1.54, 1.807) is 33.8 Å². The van der Waals surface area contributed by atoms with E-state index < -0.39 is 81.4 Å². The quantitative estimate of drug-likeness (QED) is 0.313. The summed E-state index contributed by atoms with van der Waals surface area (Å²) in [5.74, 6) is -8.15. The molecule has 2 aromatic rings. The van der Waals surface area contributed by atoms with E-state index in [0.717, 1.165) is 12.1 Å². The number of alkyl halides is 3. The third-order valence-electron chi connectivity index (χ3n) is 11.0. The Morgan fingerprint density at radius 2 is 1.62 bits per heavy atom. The van der Waals surface area contributed by atoms with Crippen LogP contribution in [0.15, 0.2) is 30.3 Å². The molecule has 0 aliphatic heterocycles. The Bertz CT molecular complexity index is 1590. The molecule has 0 bridgehead atoms. The number of phenols is 1. The van der Waals surface area contributed by atoms with E-state index >= 15 is 0 Å². The molecule has 2 fully saturated rings. The Labute approximate surface area is 259 Å².